The summed E-state index contributed by atoms with van der Waals surface area (Å²) in [6, 6.07) is 7.18. The normalized spacial score (nSPS) is 18.3. The zero-order valence-electron chi connectivity index (χ0n) is 8.07. The van der Waals surface area contributed by atoms with Gasteiger partial charge in [-0.1, -0.05) is 28.1 Å². The van der Waals surface area contributed by atoms with Crippen molar-refractivity contribution in [2.75, 3.05) is 19.8 Å². The lowest BCUT2D eigenvalue weighted by Gasteiger charge is -2.38. The van der Waals surface area contributed by atoms with E-state index in [9.17, 15) is 9.90 Å². The number of aliphatic hydroxyl groups excluding tert-OH is 1. The average molecular weight is 271 g/mol. The highest BCUT2D eigenvalue weighted by Crippen LogP contribution is 2.31. The summed E-state index contributed by atoms with van der Waals surface area (Å²) in [7, 11) is 0. The third-order valence-corrected chi connectivity index (χ3v) is 3.12. The lowest BCUT2D eigenvalue weighted by molar-refractivity contribution is -0.109. The van der Waals surface area contributed by atoms with E-state index < -0.39 is 5.41 Å². The number of Topliss-reactive ketones (excluding diaryl/α,β-unsaturated/α-hetero) is 1. The second-order valence-corrected chi connectivity index (χ2v) is 4.69. The van der Waals surface area contributed by atoms with E-state index in [4.69, 9.17) is 4.74 Å². The molecule has 0 atom stereocenters. The summed E-state index contributed by atoms with van der Waals surface area (Å²) in [5, 5.41) is 9.23. The lowest BCUT2D eigenvalue weighted by atomic mass is 9.79. The maximum atomic E-state index is 12.1. The fraction of sp³-hybridized carbons (Fsp3) is 0.364. The quantitative estimate of drug-likeness (QED) is 0.850. The van der Waals surface area contributed by atoms with Gasteiger partial charge in [-0.25, -0.2) is 0 Å². The minimum absolute atomic E-state index is 0.0439. The standard InChI is InChI=1S/C11H11BrO3/c12-9-3-1-2-8(4-9)10(14)11(5-13)6-15-7-11/h1-4,13H,5-7H2. The monoisotopic (exact) mass is 270 g/mol. The van der Waals surface area contributed by atoms with Crippen LogP contribution in [0.25, 0.3) is 0 Å². The summed E-state index contributed by atoms with van der Waals surface area (Å²) < 4.78 is 5.87. The minimum Gasteiger partial charge on any atom is -0.395 e. The summed E-state index contributed by atoms with van der Waals surface area (Å²) in [6.45, 7) is 0.474. The van der Waals surface area contributed by atoms with Crippen molar-refractivity contribution in [3.8, 4) is 0 Å². The molecule has 80 valence electrons. The summed E-state index contributed by atoms with van der Waals surface area (Å²) in [5.74, 6) is -0.0439. The molecule has 0 radical (unpaired) electrons. The molecule has 0 amide bonds. The number of aliphatic hydroxyl groups is 1. The Morgan fingerprint density at radius 2 is 2.27 bits per heavy atom. The molecule has 1 aliphatic heterocycles. The number of carbonyl (C=O) groups excluding carboxylic acids is 1. The van der Waals surface area contributed by atoms with E-state index in [1.165, 1.54) is 0 Å². The SMILES string of the molecule is O=C(c1cccc(Br)c1)C1(CO)COC1. The van der Waals surface area contributed by atoms with Gasteiger partial charge in [-0.3, -0.25) is 4.79 Å². The maximum absolute atomic E-state index is 12.1. The molecule has 0 unspecified atom stereocenters. The number of ether oxygens (including phenoxy) is 1. The van der Waals surface area contributed by atoms with E-state index in [0.717, 1.165) is 4.47 Å². The van der Waals surface area contributed by atoms with Crippen LogP contribution in [0.3, 0.4) is 0 Å². The Morgan fingerprint density at radius 3 is 2.73 bits per heavy atom. The molecule has 1 N–H and O–H groups in total. The van der Waals surface area contributed by atoms with E-state index in [2.05, 4.69) is 15.9 Å². The highest BCUT2D eigenvalue weighted by molar-refractivity contribution is 9.10. The molecule has 4 heteroatoms. The first kappa shape index (κ1) is 10.8. The molecule has 3 nitrogen and oxygen atoms in total. The molecule has 1 aromatic carbocycles. The van der Waals surface area contributed by atoms with Gasteiger partial charge in [-0.2, -0.15) is 0 Å². The van der Waals surface area contributed by atoms with Gasteiger partial charge in [0.25, 0.3) is 0 Å². The molecular formula is C11H11BrO3. The predicted molar refractivity (Wildman–Crippen MR) is 58.8 cm³/mol. The molecule has 0 saturated carbocycles. The summed E-state index contributed by atoms with van der Waals surface area (Å²) in [5.41, 5.74) is -0.0948. The van der Waals surface area contributed by atoms with Crippen molar-refractivity contribution in [2.24, 2.45) is 5.41 Å². The Balaban J connectivity index is 2.27. The van der Waals surface area contributed by atoms with Crippen molar-refractivity contribution in [1.29, 1.82) is 0 Å². The molecule has 0 aromatic heterocycles. The number of ketones is 1. The van der Waals surface area contributed by atoms with Crippen molar-refractivity contribution in [1.82, 2.24) is 0 Å². The number of carbonyl (C=O) groups is 1. The van der Waals surface area contributed by atoms with Crippen molar-refractivity contribution < 1.29 is 14.6 Å². The molecule has 2 rings (SSSR count). The third-order valence-electron chi connectivity index (χ3n) is 2.63. The van der Waals surface area contributed by atoms with Crippen LogP contribution < -0.4 is 0 Å². The van der Waals surface area contributed by atoms with Crippen LogP contribution >= 0.6 is 15.9 Å². The smallest absolute Gasteiger partial charge is 0.176 e. The third kappa shape index (κ3) is 1.85. The van der Waals surface area contributed by atoms with E-state index in [1.54, 1.807) is 12.1 Å². The van der Waals surface area contributed by atoms with Gasteiger partial charge in [-0.15, -0.1) is 0 Å². The van der Waals surface area contributed by atoms with Gasteiger partial charge >= 0.3 is 0 Å². The van der Waals surface area contributed by atoms with E-state index in [-0.39, 0.29) is 12.4 Å². The van der Waals surface area contributed by atoms with Crippen LogP contribution in [0.2, 0.25) is 0 Å². The Morgan fingerprint density at radius 1 is 1.53 bits per heavy atom. The zero-order chi connectivity index (χ0) is 10.9. The van der Waals surface area contributed by atoms with Crippen molar-refractivity contribution >= 4 is 21.7 Å². The summed E-state index contributed by atoms with van der Waals surface area (Å²) in [6.07, 6.45) is 0. The van der Waals surface area contributed by atoms with E-state index >= 15 is 0 Å². The second kappa shape index (κ2) is 4.04. The van der Waals surface area contributed by atoms with Crippen LogP contribution in [-0.2, 0) is 4.74 Å². The largest absolute Gasteiger partial charge is 0.395 e. The first-order valence-electron chi connectivity index (χ1n) is 4.67. The molecule has 1 heterocycles. The predicted octanol–water partition coefficient (Wildman–Crippen LogP) is 1.64. The topological polar surface area (TPSA) is 46.5 Å². The number of benzene rings is 1. The molecule has 1 saturated heterocycles. The first-order valence-corrected chi connectivity index (χ1v) is 5.46. The van der Waals surface area contributed by atoms with Crippen LogP contribution in [0.15, 0.2) is 28.7 Å². The van der Waals surface area contributed by atoms with Gasteiger partial charge in [0.15, 0.2) is 5.78 Å². The first-order chi connectivity index (χ1) is 7.18. The van der Waals surface area contributed by atoms with Crippen molar-refractivity contribution in [2.45, 2.75) is 0 Å². The Labute approximate surface area is 96.2 Å². The highest BCUT2D eigenvalue weighted by Gasteiger charge is 2.45. The van der Waals surface area contributed by atoms with E-state index in [1.807, 2.05) is 12.1 Å². The molecule has 0 spiro atoms. The Bertz CT molecular complexity index is 380. The second-order valence-electron chi connectivity index (χ2n) is 3.77. The summed E-state index contributed by atoms with van der Waals surface area (Å²) in [4.78, 5) is 12.1. The van der Waals surface area contributed by atoms with Gasteiger partial charge in [0, 0.05) is 10.0 Å². The van der Waals surface area contributed by atoms with Gasteiger partial charge in [0.1, 0.15) is 5.41 Å². The molecular weight excluding hydrogens is 260 g/mol. The number of rotatable bonds is 3. The molecule has 1 aromatic rings. The Hall–Kier alpha value is -0.710. The van der Waals surface area contributed by atoms with Crippen molar-refractivity contribution in [3.05, 3.63) is 34.3 Å². The zero-order valence-corrected chi connectivity index (χ0v) is 9.66. The van der Waals surface area contributed by atoms with Crippen LogP contribution in [0.5, 0.6) is 0 Å². The van der Waals surface area contributed by atoms with Crippen LogP contribution in [0, 0.1) is 5.41 Å². The molecule has 1 fully saturated rings. The molecule has 1 aliphatic rings. The fourth-order valence-corrected chi connectivity index (χ4v) is 1.98. The number of halogens is 1. The van der Waals surface area contributed by atoms with Gasteiger partial charge in [0.2, 0.25) is 0 Å². The van der Waals surface area contributed by atoms with Crippen LogP contribution in [0.4, 0.5) is 0 Å². The minimum atomic E-state index is -0.708. The fourth-order valence-electron chi connectivity index (χ4n) is 1.58. The van der Waals surface area contributed by atoms with Gasteiger partial charge < -0.3 is 9.84 Å². The van der Waals surface area contributed by atoms with Crippen LogP contribution in [-0.4, -0.2) is 30.7 Å². The average Bonchev–Trinajstić information content (AvgIpc) is 2.17. The highest BCUT2D eigenvalue weighted by atomic mass is 79.9. The molecule has 15 heavy (non-hydrogen) atoms. The summed E-state index contributed by atoms with van der Waals surface area (Å²) >= 11 is 3.31. The van der Waals surface area contributed by atoms with Gasteiger partial charge in [-0.05, 0) is 12.1 Å². The molecule has 0 bridgehead atoms. The number of hydrogen-bond donors (Lipinski definition) is 1. The number of hydrogen-bond acceptors (Lipinski definition) is 3. The molecule has 0 aliphatic carbocycles. The van der Waals surface area contributed by atoms with E-state index in [0.29, 0.717) is 18.8 Å². The maximum Gasteiger partial charge on any atom is 0.176 e. The van der Waals surface area contributed by atoms with Crippen molar-refractivity contribution in [3.63, 3.8) is 0 Å². The Kier molecular flexibility index (Phi) is 2.91. The van der Waals surface area contributed by atoms with Gasteiger partial charge in [0.05, 0.1) is 19.8 Å². The lowest BCUT2D eigenvalue weighted by Crippen LogP contribution is -2.51. The van der Waals surface area contributed by atoms with Crippen LogP contribution in [0.1, 0.15) is 10.4 Å².